The number of thiophene rings is 1. The monoisotopic (exact) mass is 280 g/mol. The van der Waals surface area contributed by atoms with Gasteiger partial charge in [-0.05, 0) is 37.1 Å². The van der Waals surface area contributed by atoms with E-state index in [0.717, 1.165) is 38.9 Å². The van der Waals surface area contributed by atoms with E-state index in [4.69, 9.17) is 4.74 Å². The summed E-state index contributed by atoms with van der Waals surface area (Å²) < 4.78 is 5.48. The fourth-order valence-electron chi connectivity index (χ4n) is 2.57. The smallest absolute Gasteiger partial charge is 0.315 e. The third kappa shape index (κ3) is 3.09. The Morgan fingerprint density at radius 1 is 1.42 bits per heavy atom. The molecule has 19 heavy (non-hydrogen) atoms. The van der Waals surface area contributed by atoms with Crippen molar-refractivity contribution in [2.75, 3.05) is 19.8 Å². The second kappa shape index (κ2) is 5.51. The van der Waals surface area contributed by atoms with Gasteiger partial charge < -0.3 is 15.4 Å². The van der Waals surface area contributed by atoms with Crippen LogP contribution in [-0.4, -0.2) is 31.8 Å². The van der Waals surface area contributed by atoms with Crippen LogP contribution in [0, 0.1) is 0 Å². The van der Waals surface area contributed by atoms with Crippen LogP contribution < -0.4 is 10.6 Å². The fourth-order valence-corrected chi connectivity index (χ4v) is 3.55. The summed E-state index contributed by atoms with van der Waals surface area (Å²) in [4.78, 5) is 13.2. The molecule has 2 amide bonds. The van der Waals surface area contributed by atoms with E-state index >= 15 is 0 Å². The molecule has 2 N–H and O–H groups in total. The number of hydrogen-bond acceptors (Lipinski definition) is 3. The second-order valence-corrected chi connectivity index (χ2v) is 6.42. The van der Waals surface area contributed by atoms with Crippen molar-refractivity contribution < 1.29 is 9.53 Å². The Kier molecular flexibility index (Phi) is 3.75. The topological polar surface area (TPSA) is 50.4 Å². The largest absolute Gasteiger partial charge is 0.381 e. The number of carbonyl (C=O) groups is 1. The van der Waals surface area contributed by atoms with Gasteiger partial charge in [-0.3, -0.25) is 0 Å². The Hall–Kier alpha value is -1.07. The summed E-state index contributed by atoms with van der Waals surface area (Å²) in [5.74, 6) is 0. The lowest BCUT2D eigenvalue weighted by molar-refractivity contribution is 0.0519. The van der Waals surface area contributed by atoms with Crippen molar-refractivity contribution in [3.63, 3.8) is 0 Å². The molecule has 0 unspecified atom stereocenters. The Labute approximate surface area is 117 Å². The van der Waals surface area contributed by atoms with Crippen LogP contribution in [0.4, 0.5) is 4.79 Å². The SMILES string of the molecule is O=C(NCC1(c2cccs2)CCOCC1)NC1CC1. The molecule has 1 saturated heterocycles. The molecule has 1 saturated carbocycles. The van der Waals surface area contributed by atoms with Crippen LogP contribution in [0.25, 0.3) is 0 Å². The summed E-state index contributed by atoms with van der Waals surface area (Å²) >= 11 is 1.78. The average molecular weight is 280 g/mol. The first-order valence-corrected chi connectivity index (χ1v) is 7.83. The minimum Gasteiger partial charge on any atom is -0.381 e. The minimum absolute atomic E-state index is 0.0232. The first kappa shape index (κ1) is 12.9. The average Bonchev–Trinajstić information content (AvgIpc) is 3.07. The zero-order chi connectivity index (χ0) is 13.1. The Balaban J connectivity index is 1.63. The van der Waals surface area contributed by atoms with Gasteiger partial charge in [0.05, 0.1) is 0 Å². The fraction of sp³-hybridized carbons (Fsp3) is 0.643. The predicted molar refractivity (Wildman–Crippen MR) is 75.6 cm³/mol. The standard InChI is InChI=1S/C14H20N2O2S/c17-13(16-11-3-4-11)15-10-14(5-7-18-8-6-14)12-2-1-9-19-12/h1-2,9,11H,3-8,10H2,(H2,15,16,17). The highest BCUT2D eigenvalue weighted by Gasteiger charge is 2.36. The highest BCUT2D eigenvalue weighted by atomic mass is 32.1. The van der Waals surface area contributed by atoms with Gasteiger partial charge in [-0.15, -0.1) is 11.3 Å². The van der Waals surface area contributed by atoms with Crippen molar-refractivity contribution in [1.29, 1.82) is 0 Å². The maximum atomic E-state index is 11.8. The zero-order valence-electron chi connectivity index (χ0n) is 11.0. The first-order valence-electron chi connectivity index (χ1n) is 6.95. The second-order valence-electron chi connectivity index (χ2n) is 5.47. The molecule has 5 heteroatoms. The summed E-state index contributed by atoms with van der Waals surface area (Å²) in [7, 11) is 0. The van der Waals surface area contributed by atoms with Crippen molar-refractivity contribution in [3.05, 3.63) is 22.4 Å². The lowest BCUT2D eigenvalue weighted by atomic mass is 9.78. The Morgan fingerprint density at radius 2 is 2.21 bits per heavy atom. The number of amides is 2. The quantitative estimate of drug-likeness (QED) is 0.889. The van der Waals surface area contributed by atoms with Crippen LogP contribution >= 0.6 is 11.3 Å². The molecule has 0 spiro atoms. The van der Waals surface area contributed by atoms with Gasteiger partial charge in [-0.1, -0.05) is 6.07 Å². The van der Waals surface area contributed by atoms with E-state index in [2.05, 4.69) is 28.1 Å². The van der Waals surface area contributed by atoms with E-state index in [1.165, 1.54) is 4.88 Å². The van der Waals surface area contributed by atoms with Crippen LogP contribution in [0.2, 0.25) is 0 Å². The van der Waals surface area contributed by atoms with Gasteiger partial charge in [-0.2, -0.15) is 0 Å². The molecule has 1 aliphatic carbocycles. The molecule has 1 aliphatic heterocycles. The van der Waals surface area contributed by atoms with E-state index < -0.39 is 0 Å². The third-order valence-corrected chi connectivity index (χ3v) is 5.11. The van der Waals surface area contributed by atoms with Gasteiger partial charge in [0.1, 0.15) is 0 Å². The molecule has 3 rings (SSSR count). The van der Waals surface area contributed by atoms with Gasteiger partial charge in [-0.25, -0.2) is 4.79 Å². The lowest BCUT2D eigenvalue weighted by Gasteiger charge is -2.36. The van der Waals surface area contributed by atoms with E-state index in [1.807, 2.05) is 0 Å². The number of carbonyl (C=O) groups excluding carboxylic acids is 1. The molecule has 0 aromatic carbocycles. The molecule has 1 aromatic heterocycles. The van der Waals surface area contributed by atoms with Crippen LogP contribution in [0.3, 0.4) is 0 Å². The van der Waals surface area contributed by atoms with E-state index in [1.54, 1.807) is 11.3 Å². The lowest BCUT2D eigenvalue weighted by Crippen LogP contribution is -2.47. The molecule has 0 bridgehead atoms. The highest BCUT2D eigenvalue weighted by Crippen LogP contribution is 2.36. The number of nitrogens with one attached hydrogen (secondary N) is 2. The summed E-state index contributed by atoms with van der Waals surface area (Å²) in [6.07, 6.45) is 4.21. The molecule has 104 valence electrons. The Morgan fingerprint density at radius 3 is 2.84 bits per heavy atom. The van der Waals surface area contributed by atoms with Crippen LogP contribution in [0.15, 0.2) is 17.5 Å². The number of ether oxygens (including phenoxy) is 1. The van der Waals surface area contributed by atoms with Crippen molar-refractivity contribution in [1.82, 2.24) is 10.6 Å². The summed E-state index contributed by atoms with van der Waals surface area (Å²) in [6, 6.07) is 4.65. The molecule has 4 nitrogen and oxygen atoms in total. The van der Waals surface area contributed by atoms with E-state index in [-0.39, 0.29) is 11.4 Å². The van der Waals surface area contributed by atoms with E-state index in [9.17, 15) is 4.79 Å². The molecular weight excluding hydrogens is 260 g/mol. The van der Waals surface area contributed by atoms with Gasteiger partial charge >= 0.3 is 6.03 Å². The maximum absolute atomic E-state index is 11.8. The summed E-state index contributed by atoms with van der Waals surface area (Å²) in [6.45, 7) is 2.27. The van der Waals surface area contributed by atoms with E-state index in [0.29, 0.717) is 12.6 Å². The molecule has 1 aromatic rings. The van der Waals surface area contributed by atoms with Crippen molar-refractivity contribution in [2.24, 2.45) is 0 Å². The molecule has 0 atom stereocenters. The molecule has 0 radical (unpaired) electrons. The third-order valence-electron chi connectivity index (χ3n) is 3.99. The first-order chi connectivity index (χ1) is 9.28. The summed E-state index contributed by atoms with van der Waals surface area (Å²) in [5.41, 5.74) is 0.0628. The van der Waals surface area contributed by atoms with Gasteiger partial charge in [0.2, 0.25) is 0 Å². The van der Waals surface area contributed by atoms with Crippen LogP contribution in [-0.2, 0) is 10.2 Å². The number of rotatable bonds is 4. The Bertz CT molecular complexity index is 423. The minimum atomic E-state index is -0.0232. The zero-order valence-corrected chi connectivity index (χ0v) is 11.8. The van der Waals surface area contributed by atoms with Gasteiger partial charge in [0.15, 0.2) is 0 Å². The van der Waals surface area contributed by atoms with Gasteiger partial charge in [0, 0.05) is 36.1 Å². The molecule has 2 heterocycles. The van der Waals surface area contributed by atoms with Crippen LogP contribution in [0.5, 0.6) is 0 Å². The van der Waals surface area contributed by atoms with Crippen molar-refractivity contribution in [3.8, 4) is 0 Å². The molecular formula is C14H20N2O2S. The van der Waals surface area contributed by atoms with Crippen molar-refractivity contribution >= 4 is 17.4 Å². The van der Waals surface area contributed by atoms with Gasteiger partial charge in [0.25, 0.3) is 0 Å². The number of hydrogen-bond donors (Lipinski definition) is 2. The number of urea groups is 1. The summed E-state index contributed by atoms with van der Waals surface area (Å²) in [5, 5.41) is 8.14. The van der Waals surface area contributed by atoms with Crippen molar-refractivity contribution in [2.45, 2.75) is 37.1 Å². The predicted octanol–water partition coefficient (Wildman–Crippen LogP) is 2.26. The maximum Gasteiger partial charge on any atom is 0.315 e. The van der Waals surface area contributed by atoms with Crippen LogP contribution in [0.1, 0.15) is 30.6 Å². The molecule has 2 fully saturated rings. The molecule has 2 aliphatic rings. The normalized spacial score (nSPS) is 21.9. The highest BCUT2D eigenvalue weighted by molar-refractivity contribution is 7.10.